The number of rotatable bonds is 7. The molecule has 0 unspecified atom stereocenters. The molecule has 128 valence electrons. The summed E-state index contributed by atoms with van der Waals surface area (Å²) >= 11 is 5.68. The maximum absolute atomic E-state index is 12.2. The lowest BCUT2D eigenvalue weighted by atomic mass is 10.2. The van der Waals surface area contributed by atoms with Crippen LogP contribution in [0.4, 0.5) is 0 Å². The van der Waals surface area contributed by atoms with Gasteiger partial charge in [0.25, 0.3) is 5.91 Å². The summed E-state index contributed by atoms with van der Waals surface area (Å²) in [5.74, 6) is -2.02. The van der Waals surface area contributed by atoms with E-state index in [4.69, 9.17) is 22.1 Å². The first-order chi connectivity index (χ1) is 10.5. The summed E-state index contributed by atoms with van der Waals surface area (Å²) in [6.07, 6.45) is -2.66. The van der Waals surface area contributed by atoms with Crippen molar-refractivity contribution in [2.24, 2.45) is 5.73 Å². The number of sulfonamides is 1. The van der Waals surface area contributed by atoms with Crippen LogP contribution in [0, 0.1) is 0 Å². The third kappa shape index (κ3) is 5.47. The third-order valence-corrected chi connectivity index (χ3v) is 4.54. The molecule has 0 aliphatic heterocycles. The fraction of sp³-hybridized carbons (Fsp3) is 0.385. The number of nitrogens with one attached hydrogen (secondary N) is 1. The van der Waals surface area contributed by atoms with Crippen LogP contribution < -0.4 is 10.5 Å². The number of hydrogen-bond acceptors (Lipinski definition) is 6. The standard InChI is InChI=1S/C13H17ClN2O6S/c1-7(17)11(13(19)22-8(2)12(15)18)16-23(20,21)10-5-3-9(14)4-6-10/h3-8,11,16-17H,1-2H3,(H2,15,18)/t7-,8+,11+/m1/s1. The van der Waals surface area contributed by atoms with E-state index in [0.717, 1.165) is 0 Å². The summed E-state index contributed by atoms with van der Waals surface area (Å²) in [5.41, 5.74) is 4.96. The lowest BCUT2D eigenvalue weighted by molar-refractivity contribution is -0.157. The number of amides is 1. The summed E-state index contributed by atoms with van der Waals surface area (Å²) in [5, 5.41) is 9.96. The van der Waals surface area contributed by atoms with Crippen molar-refractivity contribution >= 4 is 33.5 Å². The first-order valence-corrected chi connectivity index (χ1v) is 8.36. The van der Waals surface area contributed by atoms with Gasteiger partial charge in [0.1, 0.15) is 6.04 Å². The van der Waals surface area contributed by atoms with Crippen LogP contribution in [0.5, 0.6) is 0 Å². The molecular formula is C13H17ClN2O6S. The molecule has 23 heavy (non-hydrogen) atoms. The highest BCUT2D eigenvalue weighted by molar-refractivity contribution is 7.89. The molecule has 3 atom stereocenters. The fourth-order valence-corrected chi connectivity index (χ4v) is 2.88. The van der Waals surface area contributed by atoms with Gasteiger partial charge in [-0.2, -0.15) is 4.72 Å². The van der Waals surface area contributed by atoms with Crippen LogP contribution in [-0.4, -0.2) is 43.7 Å². The van der Waals surface area contributed by atoms with Crippen molar-refractivity contribution in [3.05, 3.63) is 29.3 Å². The summed E-state index contributed by atoms with van der Waals surface area (Å²) in [7, 11) is -4.11. The molecule has 0 heterocycles. The summed E-state index contributed by atoms with van der Waals surface area (Å²) in [4.78, 5) is 22.7. The number of aliphatic hydroxyl groups excluding tert-OH is 1. The maximum atomic E-state index is 12.2. The predicted molar refractivity (Wildman–Crippen MR) is 82.0 cm³/mol. The van der Waals surface area contributed by atoms with Crippen LogP contribution in [0.25, 0.3) is 0 Å². The second-order valence-electron chi connectivity index (χ2n) is 4.77. The van der Waals surface area contributed by atoms with Crippen LogP contribution in [0.1, 0.15) is 13.8 Å². The number of carbonyl (C=O) groups excluding carboxylic acids is 2. The number of ether oxygens (including phenoxy) is 1. The van der Waals surface area contributed by atoms with Gasteiger partial charge in [-0.15, -0.1) is 0 Å². The van der Waals surface area contributed by atoms with Gasteiger partial charge in [0.2, 0.25) is 10.0 Å². The second-order valence-corrected chi connectivity index (χ2v) is 6.93. The molecule has 0 aliphatic rings. The summed E-state index contributed by atoms with van der Waals surface area (Å²) in [6.45, 7) is 2.43. The van der Waals surface area contributed by atoms with Crippen molar-refractivity contribution < 1.29 is 27.9 Å². The third-order valence-electron chi connectivity index (χ3n) is 2.84. The molecular weight excluding hydrogens is 348 g/mol. The molecule has 0 aromatic heterocycles. The minimum Gasteiger partial charge on any atom is -0.451 e. The topological polar surface area (TPSA) is 136 Å². The highest BCUT2D eigenvalue weighted by Gasteiger charge is 2.32. The first-order valence-electron chi connectivity index (χ1n) is 6.50. The van der Waals surface area contributed by atoms with Crippen molar-refractivity contribution in [3.8, 4) is 0 Å². The number of benzene rings is 1. The van der Waals surface area contributed by atoms with E-state index in [9.17, 15) is 23.1 Å². The molecule has 0 aliphatic carbocycles. The molecule has 1 rings (SSSR count). The largest absolute Gasteiger partial charge is 0.451 e. The monoisotopic (exact) mass is 364 g/mol. The molecule has 0 fully saturated rings. The molecule has 0 saturated carbocycles. The Bertz CT molecular complexity index is 674. The van der Waals surface area contributed by atoms with Crippen molar-refractivity contribution in [1.29, 1.82) is 0 Å². The van der Waals surface area contributed by atoms with Crippen molar-refractivity contribution in [2.45, 2.75) is 37.0 Å². The summed E-state index contributed by atoms with van der Waals surface area (Å²) in [6, 6.07) is 3.60. The Balaban J connectivity index is 2.97. The van der Waals surface area contributed by atoms with Crippen molar-refractivity contribution in [3.63, 3.8) is 0 Å². The number of esters is 1. The first kappa shape index (κ1) is 19.4. The van der Waals surface area contributed by atoms with Gasteiger partial charge >= 0.3 is 5.97 Å². The SMILES string of the molecule is C[C@H](OC(=O)[C@@H](NS(=O)(=O)c1ccc(Cl)cc1)[C@@H](C)O)C(N)=O. The molecule has 4 N–H and O–H groups in total. The molecule has 0 bridgehead atoms. The van der Waals surface area contributed by atoms with E-state index in [1.165, 1.54) is 38.1 Å². The molecule has 0 radical (unpaired) electrons. The van der Waals surface area contributed by atoms with Crippen LogP contribution in [0.15, 0.2) is 29.2 Å². The Kier molecular flexibility index (Phi) is 6.51. The van der Waals surface area contributed by atoms with Gasteiger partial charge in [-0.05, 0) is 38.1 Å². The Morgan fingerprint density at radius 2 is 1.78 bits per heavy atom. The van der Waals surface area contributed by atoms with Crippen LogP contribution in [0.3, 0.4) is 0 Å². The Hall–Kier alpha value is -1.68. The minimum atomic E-state index is -4.11. The van der Waals surface area contributed by atoms with Gasteiger partial charge in [-0.25, -0.2) is 8.42 Å². The molecule has 0 saturated heterocycles. The number of carbonyl (C=O) groups is 2. The maximum Gasteiger partial charge on any atom is 0.327 e. The Morgan fingerprint density at radius 1 is 1.26 bits per heavy atom. The van der Waals surface area contributed by atoms with E-state index in [2.05, 4.69) is 0 Å². The van der Waals surface area contributed by atoms with Crippen LogP contribution in [-0.2, 0) is 24.3 Å². The molecule has 8 nitrogen and oxygen atoms in total. The average molecular weight is 365 g/mol. The normalized spacial score (nSPS) is 15.5. The number of halogens is 1. The van der Waals surface area contributed by atoms with E-state index < -0.39 is 40.1 Å². The van der Waals surface area contributed by atoms with Crippen LogP contribution >= 0.6 is 11.6 Å². The van der Waals surface area contributed by atoms with Crippen LogP contribution in [0.2, 0.25) is 5.02 Å². The van der Waals surface area contributed by atoms with E-state index in [-0.39, 0.29) is 4.90 Å². The zero-order chi connectivity index (χ0) is 17.8. The minimum absolute atomic E-state index is 0.150. The second kappa shape index (κ2) is 7.73. The number of aliphatic hydroxyl groups is 1. The summed E-state index contributed by atoms with van der Waals surface area (Å²) < 4.78 is 31.2. The zero-order valence-electron chi connectivity index (χ0n) is 12.4. The molecule has 1 aromatic rings. The lowest BCUT2D eigenvalue weighted by Gasteiger charge is -2.21. The lowest BCUT2D eigenvalue weighted by Crippen LogP contribution is -2.49. The molecule has 10 heteroatoms. The van der Waals surface area contributed by atoms with E-state index in [1.54, 1.807) is 0 Å². The van der Waals surface area contributed by atoms with E-state index in [0.29, 0.717) is 5.02 Å². The van der Waals surface area contributed by atoms with Gasteiger partial charge in [0.15, 0.2) is 6.10 Å². The number of primary amides is 1. The zero-order valence-corrected chi connectivity index (χ0v) is 14.0. The fourth-order valence-electron chi connectivity index (χ4n) is 1.50. The molecule has 1 aromatic carbocycles. The highest BCUT2D eigenvalue weighted by atomic mass is 35.5. The Labute approximate surface area is 138 Å². The van der Waals surface area contributed by atoms with Gasteiger partial charge in [-0.3, -0.25) is 9.59 Å². The van der Waals surface area contributed by atoms with Gasteiger partial charge in [0, 0.05) is 5.02 Å². The smallest absolute Gasteiger partial charge is 0.327 e. The van der Waals surface area contributed by atoms with Gasteiger partial charge < -0.3 is 15.6 Å². The number of nitrogens with two attached hydrogens (primary N) is 1. The van der Waals surface area contributed by atoms with Crippen molar-refractivity contribution in [1.82, 2.24) is 4.72 Å². The van der Waals surface area contributed by atoms with Gasteiger partial charge in [0.05, 0.1) is 11.0 Å². The predicted octanol–water partition coefficient (Wildman–Crippen LogP) is -0.215. The van der Waals surface area contributed by atoms with E-state index in [1.807, 2.05) is 4.72 Å². The highest BCUT2D eigenvalue weighted by Crippen LogP contribution is 2.15. The van der Waals surface area contributed by atoms with Crippen molar-refractivity contribution in [2.75, 3.05) is 0 Å². The molecule has 1 amide bonds. The number of hydrogen-bond donors (Lipinski definition) is 3. The van der Waals surface area contributed by atoms with E-state index >= 15 is 0 Å². The Morgan fingerprint density at radius 3 is 2.22 bits per heavy atom. The average Bonchev–Trinajstić information content (AvgIpc) is 2.44. The van der Waals surface area contributed by atoms with Gasteiger partial charge in [-0.1, -0.05) is 11.6 Å². The molecule has 0 spiro atoms. The quantitative estimate of drug-likeness (QED) is 0.572.